The van der Waals surface area contributed by atoms with Crippen LogP contribution in [0.25, 0.3) is 0 Å². The smallest absolute Gasteiger partial charge is 0.306 e. The molecule has 0 spiro atoms. The average molecular weight is 378 g/mol. The minimum Gasteiger partial charge on any atom is -0.453 e. The lowest BCUT2D eigenvalue weighted by atomic mass is 10.0. The van der Waals surface area contributed by atoms with Crippen LogP contribution in [0.5, 0.6) is 0 Å². The summed E-state index contributed by atoms with van der Waals surface area (Å²) in [7, 11) is 0. The van der Waals surface area contributed by atoms with Crippen molar-refractivity contribution in [1.29, 1.82) is 0 Å². The number of ether oxygens (including phenoxy) is 1. The van der Waals surface area contributed by atoms with Crippen molar-refractivity contribution in [2.45, 2.75) is 91.3 Å². The number of esters is 1. The monoisotopic (exact) mass is 377 g/mol. The van der Waals surface area contributed by atoms with Gasteiger partial charge in [0.15, 0.2) is 6.10 Å². The molecule has 0 bridgehead atoms. The fraction of sp³-hybridized carbons (Fsp3) is 0.636. The standard InChI is InChI=1S/C22H35NO4/c1-5-6-7-8-9-13-19(24)14-15-20(25)27-18(4)22(26)23-21-16(2)11-10-12-17(21)3/h10-12,18-19,24H,5-9,13-15H2,1-4H3,(H,23,26)/t18-,19+/m1/s1. The van der Waals surface area contributed by atoms with E-state index >= 15 is 0 Å². The maximum absolute atomic E-state index is 12.3. The van der Waals surface area contributed by atoms with Crippen LogP contribution in [-0.4, -0.2) is 29.2 Å². The van der Waals surface area contributed by atoms with E-state index < -0.39 is 18.2 Å². The molecule has 2 atom stereocenters. The van der Waals surface area contributed by atoms with Crippen LogP contribution in [0.1, 0.15) is 76.3 Å². The van der Waals surface area contributed by atoms with Gasteiger partial charge in [-0.15, -0.1) is 0 Å². The second-order valence-corrected chi connectivity index (χ2v) is 7.28. The SMILES string of the molecule is CCCCCCC[C@H](O)CCC(=O)O[C@H](C)C(=O)Nc1c(C)cccc1C. The zero-order valence-corrected chi connectivity index (χ0v) is 17.2. The molecule has 0 aliphatic carbocycles. The van der Waals surface area contributed by atoms with Gasteiger partial charge in [0.05, 0.1) is 6.10 Å². The van der Waals surface area contributed by atoms with E-state index in [9.17, 15) is 14.7 Å². The third-order valence-corrected chi connectivity index (χ3v) is 4.73. The molecule has 27 heavy (non-hydrogen) atoms. The topological polar surface area (TPSA) is 75.6 Å². The van der Waals surface area contributed by atoms with Crippen LogP contribution < -0.4 is 5.32 Å². The van der Waals surface area contributed by atoms with E-state index in [-0.39, 0.29) is 12.3 Å². The van der Waals surface area contributed by atoms with Gasteiger partial charge in [-0.1, -0.05) is 57.2 Å². The molecule has 0 radical (unpaired) electrons. The van der Waals surface area contributed by atoms with Gasteiger partial charge >= 0.3 is 5.97 Å². The number of amides is 1. The molecule has 1 amide bonds. The lowest BCUT2D eigenvalue weighted by molar-refractivity contribution is -0.153. The number of nitrogens with one attached hydrogen (secondary N) is 1. The zero-order valence-electron chi connectivity index (χ0n) is 17.2. The van der Waals surface area contributed by atoms with Crippen molar-refractivity contribution in [3.63, 3.8) is 0 Å². The summed E-state index contributed by atoms with van der Waals surface area (Å²) in [6.45, 7) is 7.57. The summed E-state index contributed by atoms with van der Waals surface area (Å²) < 4.78 is 5.21. The molecule has 0 saturated carbocycles. The Bertz CT molecular complexity index is 580. The Morgan fingerprint density at radius 2 is 1.70 bits per heavy atom. The molecule has 0 aliphatic rings. The van der Waals surface area contributed by atoms with E-state index in [0.717, 1.165) is 29.7 Å². The normalized spacial score (nSPS) is 13.1. The molecule has 0 heterocycles. The van der Waals surface area contributed by atoms with Gasteiger partial charge in [0.25, 0.3) is 5.91 Å². The van der Waals surface area contributed by atoms with Gasteiger partial charge in [-0.05, 0) is 44.7 Å². The Morgan fingerprint density at radius 3 is 2.33 bits per heavy atom. The number of aryl methyl sites for hydroxylation is 2. The molecule has 2 N–H and O–H groups in total. The number of para-hydroxylation sites is 1. The van der Waals surface area contributed by atoms with Gasteiger partial charge < -0.3 is 15.2 Å². The highest BCUT2D eigenvalue weighted by Crippen LogP contribution is 2.20. The van der Waals surface area contributed by atoms with Crippen molar-refractivity contribution in [1.82, 2.24) is 0 Å². The largest absolute Gasteiger partial charge is 0.453 e. The second kappa shape index (κ2) is 12.5. The number of unbranched alkanes of at least 4 members (excludes halogenated alkanes) is 4. The molecule has 0 saturated heterocycles. The molecule has 1 rings (SSSR count). The van der Waals surface area contributed by atoms with Gasteiger partial charge in [0.1, 0.15) is 0 Å². The Balaban J connectivity index is 2.31. The summed E-state index contributed by atoms with van der Waals surface area (Å²) >= 11 is 0. The molecular weight excluding hydrogens is 342 g/mol. The Morgan fingerprint density at radius 1 is 1.07 bits per heavy atom. The first-order valence-electron chi connectivity index (χ1n) is 10.1. The first kappa shape index (κ1) is 23.2. The molecule has 0 unspecified atom stereocenters. The molecular formula is C22H35NO4. The van der Waals surface area contributed by atoms with E-state index in [0.29, 0.717) is 12.8 Å². The lowest BCUT2D eigenvalue weighted by Crippen LogP contribution is -2.30. The van der Waals surface area contributed by atoms with Crippen LogP contribution in [-0.2, 0) is 14.3 Å². The summed E-state index contributed by atoms with van der Waals surface area (Å²) in [4.78, 5) is 24.2. The van der Waals surface area contributed by atoms with Gasteiger partial charge in [-0.3, -0.25) is 9.59 Å². The van der Waals surface area contributed by atoms with Crippen molar-refractivity contribution >= 4 is 17.6 Å². The van der Waals surface area contributed by atoms with Crippen molar-refractivity contribution < 1.29 is 19.4 Å². The summed E-state index contributed by atoms with van der Waals surface area (Å²) in [6.07, 6.45) is 5.55. The predicted molar refractivity (Wildman–Crippen MR) is 109 cm³/mol. The highest BCUT2D eigenvalue weighted by Gasteiger charge is 2.19. The molecule has 5 nitrogen and oxygen atoms in total. The molecule has 0 aliphatic heterocycles. The van der Waals surface area contributed by atoms with Gasteiger partial charge in [0.2, 0.25) is 0 Å². The van der Waals surface area contributed by atoms with Crippen LogP contribution in [0.15, 0.2) is 18.2 Å². The number of carbonyl (C=O) groups excluding carboxylic acids is 2. The minimum atomic E-state index is -0.873. The molecule has 0 fully saturated rings. The first-order chi connectivity index (χ1) is 12.8. The van der Waals surface area contributed by atoms with Crippen LogP contribution in [0.3, 0.4) is 0 Å². The number of hydrogen-bond acceptors (Lipinski definition) is 4. The number of anilines is 1. The second-order valence-electron chi connectivity index (χ2n) is 7.28. The van der Waals surface area contributed by atoms with Crippen LogP contribution >= 0.6 is 0 Å². The van der Waals surface area contributed by atoms with Crippen LogP contribution in [0.2, 0.25) is 0 Å². The number of benzene rings is 1. The van der Waals surface area contributed by atoms with Crippen molar-refractivity contribution in [2.75, 3.05) is 5.32 Å². The quantitative estimate of drug-likeness (QED) is 0.410. The van der Waals surface area contributed by atoms with Gasteiger partial charge in [-0.2, -0.15) is 0 Å². The fourth-order valence-electron chi connectivity index (χ4n) is 2.96. The van der Waals surface area contributed by atoms with Gasteiger partial charge in [0, 0.05) is 12.1 Å². The fourth-order valence-corrected chi connectivity index (χ4v) is 2.96. The third-order valence-electron chi connectivity index (χ3n) is 4.73. The number of hydrogen-bond donors (Lipinski definition) is 2. The van der Waals surface area contributed by atoms with Crippen molar-refractivity contribution in [3.05, 3.63) is 29.3 Å². The molecule has 0 aromatic heterocycles. The highest BCUT2D eigenvalue weighted by molar-refractivity contribution is 5.96. The molecule has 5 heteroatoms. The lowest BCUT2D eigenvalue weighted by Gasteiger charge is -2.16. The Labute approximate surface area is 163 Å². The van der Waals surface area contributed by atoms with E-state index in [1.807, 2.05) is 32.0 Å². The summed E-state index contributed by atoms with van der Waals surface area (Å²) in [5.74, 6) is -0.804. The number of rotatable bonds is 12. The van der Waals surface area contributed by atoms with E-state index in [2.05, 4.69) is 12.2 Å². The summed E-state index contributed by atoms with van der Waals surface area (Å²) in [6, 6.07) is 5.77. The maximum Gasteiger partial charge on any atom is 0.306 e. The molecule has 152 valence electrons. The number of carbonyl (C=O) groups is 2. The Kier molecular flexibility index (Phi) is 10.7. The molecule has 1 aromatic carbocycles. The van der Waals surface area contributed by atoms with Crippen LogP contribution in [0.4, 0.5) is 5.69 Å². The van der Waals surface area contributed by atoms with E-state index in [4.69, 9.17) is 4.74 Å². The number of aliphatic hydroxyl groups excluding tert-OH is 1. The first-order valence-corrected chi connectivity index (χ1v) is 10.1. The summed E-state index contributed by atoms with van der Waals surface area (Å²) in [5, 5.41) is 12.8. The zero-order chi connectivity index (χ0) is 20.2. The van der Waals surface area contributed by atoms with Crippen LogP contribution in [0, 0.1) is 13.8 Å². The third kappa shape index (κ3) is 9.05. The van der Waals surface area contributed by atoms with Crippen molar-refractivity contribution in [2.24, 2.45) is 0 Å². The molecule has 1 aromatic rings. The summed E-state index contributed by atoms with van der Waals surface area (Å²) in [5.41, 5.74) is 2.68. The number of aliphatic hydroxyl groups is 1. The van der Waals surface area contributed by atoms with E-state index in [1.165, 1.54) is 19.3 Å². The highest BCUT2D eigenvalue weighted by atomic mass is 16.5. The van der Waals surface area contributed by atoms with Crippen molar-refractivity contribution in [3.8, 4) is 0 Å². The Hall–Kier alpha value is -1.88. The predicted octanol–water partition coefficient (Wildman–Crippen LogP) is 4.68. The average Bonchev–Trinajstić information content (AvgIpc) is 2.62. The van der Waals surface area contributed by atoms with E-state index in [1.54, 1.807) is 6.92 Å². The minimum absolute atomic E-state index is 0.122. The van der Waals surface area contributed by atoms with Gasteiger partial charge in [-0.25, -0.2) is 0 Å². The maximum atomic E-state index is 12.3.